The standard InChI is InChI=1S/C7H13NO/c9-4-6-1-5-2-7(6)8-3-5/h5-9H,1-4H2. The first-order valence-corrected chi connectivity index (χ1v) is 3.74. The van der Waals surface area contributed by atoms with E-state index < -0.39 is 0 Å². The molecule has 0 radical (unpaired) electrons. The van der Waals surface area contributed by atoms with Gasteiger partial charge < -0.3 is 10.4 Å². The third-order valence-electron chi connectivity index (χ3n) is 2.70. The number of fused-ring (bicyclic) bond motifs is 2. The Morgan fingerprint density at radius 2 is 2.33 bits per heavy atom. The molecule has 3 atom stereocenters. The largest absolute Gasteiger partial charge is 0.396 e. The van der Waals surface area contributed by atoms with Gasteiger partial charge in [-0.2, -0.15) is 0 Å². The number of piperidine rings is 1. The molecule has 2 rings (SSSR count). The van der Waals surface area contributed by atoms with Crippen molar-refractivity contribution in [3.63, 3.8) is 0 Å². The molecule has 0 aromatic rings. The number of aliphatic hydroxyl groups excluding tert-OH is 1. The van der Waals surface area contributed by atoms with Crippen LogP contribution in [0.1, 0.15) is 12.8 Å². The van der Waals surface area contributed by atoms with Gasteiger partial charge in [0.25, 0.3) is 0 Å². The molecule has 1 aliphatic carbocycles. The normalized spacial score (nSPS) is 48.3. The summed E-state index contributed by atoms with van der Waals surface area (Å²) < 4.78 is 0. The Kier molecular flexibility index (Phi) is 1.24. The molecule has 2 bridgehead atoms. The lowest BCUT2D eigenvalue weighted by atomic mass is 10.0. The van der Waals surface area contributed by atoms with Crippen molar-refractivity contribution in [2.24, 2.45) is 11.8 Å². The summed E-state index contributed by atoms with van der Waals surface area (Å²) in [6.45, 7) is 1.58. The lowest BCUT2D eigenvalue weighted by Gasteiger charge is -2.19. The maximum absolute atomic E-state index is 8.85. The Labute approximate surface area is 55.3 Å². The van der Waals surface area contributed by atoms with Gasteiger partial charge in [-0.15, -0.1) is 0 Å². The number of hydrogen-bond acceptors (Lipinski definition) is 2. The zero-order chi connectivity index (χ0) is 6.27. The smallest absolute Gasteiger partial charge is 0.0474 e. The SMILES string of the molecule is OCC1CC2CNC1C2. The molecule has 1 heterocycles. The Bertz CT molecular complexity index is 115. The Morgan fingerprint density at radius 3 is 2.67 bits per heavy atom. The van der Waals surface area contributed by atoms with E-state index in [-0.39, 0.29) is 0 Å². The summed E-state index contributed by atoms with van der Waals surface area (Å²) >= 11 is 0. The summed E-state index contributed by atoms with van der Waals surface area (Å²) in [4.78, 5) is 0. The van der Waals surface area contributed by atoms with Gasteiger partial charge in [0, 0.05) is 12.6 Å². The Morgan fingerprint density at radius 1 is 1.44 bits per heavy atom. The molecule has 2 heteroatoms. The second-order valence-electron chi connectivity index (χ2n) is 3.29. The zero-order valence-electron chi connectivity index (χ0n) is 5.51. The summed E-state index contributed by atoms with van der Waals surface area (Å²) in [5.41, 5.74) is 0. The maximum atomic E-state index is 8.85. The van der Waals surface area contributed by atoms with Crippen molar-refractivity contribution in [3.05, 3.63) is 0 Å². The summed E-state index contributed by atoms with van der Waals surface area (Å²) in [6, 6.07) is 0.653. The number of nitrogens with one attached hydrogen (secondary N) is 1. The van der Waals surface area contributed by atoms with E-state index >= 15 is 0 Å². The fourth-order valence-corrected chi connectivity index (χ4v) is 2.18. The average Bonchev–Trinajstić information content (AvgIpc) is 2.45. The molecule has 2 aliphatic rings. The molecular formula is C7H13NO. The van der Waals surface area contributed by atoms with Crippen molar-refractivity contribution in [3.8, 4) is 0 Å². The van der Waals surface area contributed by atoms with Gasteiger partial charge in [0.05, 0.1) is 0 Å². The van der Waals surface area contributed by atoms with Gasteiger partial charge in [-0.25, -0.2) is 0 Å². The van der Waals surface area contributed by atoms with E-state index in [0.29, 0.717) is 18.6 Å². The van der Waals surface area contributed by atoms with Crippen LogP contribution in [0.25, 0.3) is 0 Å². The molecule has 1 saturated carbocycles. The predicted octanol–water partition coefficient (Wildman–Crippen LogP) is -0.0233. The highest BCUT2D eigenvalue weighted by Crippen LogP contribution is 2.35. The quantitative estimate of drug-likeness (QED) is 0.518. The fraction of sp³-hybridized carbons (Fsp3) is 1.00. The van der Waals surface area contributed by atoms with Crippen molar-refractivity contribution in [2.45, 2.75) is 18.9 Å². The topological polar surface area (TPSA) is 32.3 Å². The molecule has 1 aliphatic heterocycles. The molecule has 2 nitrogen and oxygen atoms in total. The molecule has 9 heavy (non-hydrogen) atoms. The van der Waals surface area contributed by atoms with Crippen LogP contribution in [0.4, 0.5) is 0 Å². The van der Waals surface area contributed by atoms with Crippen molar-refractivity contribution in [2.75, 3.05) is 13.2 Å². The minimum absolute atomic E-state index is 0.383. The molecular weight excluding hydrogens is 114 g/mol. The van der Waals surface area contributed by atoms with Crippen LogP contribution in [-0.4, -0.2) is 24.3 Å². The van der Waals surface area contributed by atoms with Gasteiger partial charge in [-0.1, -0.05) is 0 Å². The molecule has 0 spiro atoms. The van der Waals surface area contributed by atoms with E-state index in [4.69, 9.17) is 5.11 Å². The van der Waals surface area contributed by atoms with Crippen LogP contribution < -0.4 is 5.32 Å². The second kappa shape index (κ2) is 1.96. The van der Waals surface area contributed by atoms with Crippen molar-refractivity contribution in [1.29, 1.82) is 0 Å². The molecule has 3 unspecified atom stereocenters. The van der Waals surface area contributed by atoms with Crippen LogP contribution in [0, 0.1) is 11.8 Å². The monoisotopic (exact) mass is 127 g/mol. The van der Waals surface area contributed by atoms with Gasteiger partial charge in [-0.3, -0.25) is 0 Å². The van der Waals surface area contributed by atoms with E-state index in [9.17, 15) is 0 Å². The third kappa shape index (κ3) is 0.775. The molecule has 2 fully saturated rings. The maximum Gasteiger partial charge on any atom is 0.0474 e. The minimum Gasteiger partial charge on any atom is -0.396 e. The van der Waals surface area contributed by atoms with Gasteiger partial charge in [-0.05, 0) is 31.2 Å². The summed E-state index contributed by atoms with van der Waals surface area (Å²) in [5, 5.41) is 12.2. The average molecular weight is 127 g/mol. The van der Waals surface area contributed by atoms with E-state index in [0.717, 1.165) is 5.92 Å². The molecule has 52 valence electrons. The zero-order valence-corrected chi connectivity index (χ0v) is 5.51. The summed E-state index contributed by atoms with van der Waals surface area (Å²) in [6.07, 6.45) is 2.57. The molecule has 0 aromatic carbocycles. The van der Waals surface area contributed by atoms with E-state index in [1.54, 1.807) is 0 Å². The van der Waals surface area contributed by atoms with Crippen LogP contribution >= 0.6 is 0 Å². The van der Waals surface area contributed by atoms with E-state index in [1.165, 1.54) is 19.4 Å². The van der Waals surface area contributed by atoms with E-state index in [1.807, 2.05) is 0 Å². The lowest BCUT2D eigenvalue weighted by molar-refractivity contribution is 0.193. The fourth-order valence-electron chi connectivity index (χ4n) is 2.18. The van der Waals surface area contributed by atoms with Gasteiger partial charge in [0.15, 0.2) is 0 Å². The highest BCUT2D eigenvalue weighted by atomic mass is 16.3. The number of hydrogen-bond donors (Lipinski definition) is 2. The Hall–Kier alpha value is -0.0800. The van der Waals surface area contributed by atoms with Crippen molar-refractivity contribution in [1.82, 2.24) is 5.32 Å². The van der Waals surface area contributed by atoms with Crippen LogP contribution in [0.2, 0.25) is 0 Å². The summed E-state index contributed by atoms with van der Waals surface area (Å²) in [7, 11) is 0. The number of rotatable bonds is 1. The number of aliphatic hydroxyl groups is 1. The van der Waals surface area contributed by atoms with Gasteiger partial charge in [0.2, 0.25) is 0 Å². The van der Waals surface area contributed by atoms with Gasteiger partial charge >= 0.3 is 0 Å². The molecule has 1 saturated heterocycles. The first-order chi connectivity index (χ1) is 4.40. The first-order valence-electron chi connectivity index (χ1n) is 3.74. The third-order valence-corrected chi connectivity index (χ3v) is 2.70. The van der Waals surface area contributed by atoms with Crippen LogP contribution in [-0.2, 0) is 0 Å². The lowest BCUT2D eigenvalue weighted by Crippen LogP contribution is -2.34. The molecule has 0 amide bonds. The highest BCUT2D eigenvalue weighted by Gasteiger charge is 2.38. The second-order valence-corrected chi connectivity index (χ2v) is 3.29. The minimum atomic E-state index is 0.383. The predicted molar refractivity (Wildman–Crippen MR) is 35.1 cm³/mol. The van der Waals surface area contributed by atoms with Crippen molar-refractivity contribution < 1.29 is 5.11 Å². The first kappa shape index (κ1) is 5.69. The van der Waals surface area contributed by atoms with Gasteiger partial charge in [0.1, 0.15) is 0 Å². The van der Waals surface area contributed by atoms with Crippen LogP contribution in [0.3, 0.4) is 0 Å². The molecule has 0 aromatic heterocycles. The Balaban J connectivity index is 2.01. The van der Waals surface area contributed by atoms with Crippen LogP contribution in [0.5, 0.6) is 0 Å². The van der Waals surface area contributed by atoms with E-state index in [2.05, 4.69) is 5.32 Å². The van der Waals surface area contributed by atoms with Crippen molar-refractivity contribution >= 4 is 0 Å². The highest BCUT2D eigenvalue weighted by molar-refractivity contribution is 4.94. The summed E-state index contributed by atoms with van der Waals surface area (Å²) in [5.74, 6) is 1.45. The molecule has 2 N–H and O–H groups in total. The van der Waals surface area contributed by atoms with Crippen LogP contribution in [0.15, 0.2) is 0 Å².